The molecule has 39 heavy (non-hydrogen) atoms. The lowest BCUT2D eigenvalue weighted by Crippen LogP contribution is -2.33. The zero-order valence-electron chi connectivity index (χ0n) is 26.1. The fourth-order valence-corrected chi connectivity index (χ4v) is 5.20. The van der Waals surface area contributed by atoms with Crippen molar-refractivity contribution in [3.8, 4) is 0 Å². The predicted molar refractivity (Wildman–Crippen MR) is 169 cm³/mol. The van der Waals surface area contributed by atoms with Gasteiger partial charge in [0.1, 0.15) is 5.78 Å². The average molecular weight is 551 g/mol. The summed E-state index contributed by atoms with van der Waals surface area (Å²) >= 11 is 0. The quantitative estimate of drug-likeness (QED) is 0.0474. The molecular weight excluding hydrogens is 484 g/mol. The number of hydrogen-bond donors (Lipinski definition) is 3. The van der Waals surface area contributed by atoms with Crippen molar-refractivity contribution in [2.45, 2.75) is 174 Å². The van der Waals surface area contributed by atoms with E-state index in [0.717, 1.165) is 25.7 Å². The highest BCUT2D eigenvalue weighted by molar-refractivity contribution is 5.86. The Hall–Kier alpha value is -1.59. The van der Waals surface area contributed by atoms with Crippen molar-refractivity contribution in [1.82, 2.24) is 5.32 Å². The number of ketones is 1. The number of rotatable bonds is 30. The summed E-state index contributed by atoms with van der Waals surface area (Å²) in [6.45, 7) is 5.71. The van der Waals surface area contributed by atoms with E-state index in [0.29, 0.717) is 38.8 Å². The van der Waals surface area contributed by atoms with E-state index >= 15 is 0 Å². The van der Waals surface area contributed by atoms with Gasteiger partial charge in [-0.3, -0.25) is 14.6 Å². The van der Waals surface area contributed by atoms with Crippen molar-refractivity contribution in [1.29, 1.82) is 0 Å². The number of carbonyl (C=O) groups excluding carboxylic acids is 2. The Morgan fingerprint density at radius 3 is 1.51 bits per heavy atom. The van der Waals surface area contributed by atoms with Crippen LogP contribution in [-0.2, 0) is 9.59 Å². The first kappa shape index (κ1) is 37.4. The monoisotopic (exact) mass is 551 g/mol. The molecule has 0 bridgehead atoms. The molecule has 0 spiro atoms. The van der Waals surface area contributed by atoms with Crippen LogP contribution in [0.4, 0.5) is 0 Å². The lowest BCUT2D eigenvalue weighted by Gasteiger charge is -2.16. The number of nitrogens with one attached hydrogen (secondary N) is 1. The molecule has 230 valence electrons. The van der Waals surface area contributed by atoms with Gasteiger partial charge in [-0.05, 0) is 25.7 Å². The van der Waals surface area contributed by atoms with Crippen LogP contribution in [0, 0.1) is 5.92 Å². The largest absolute Gasteiger partial charge is 0.370 e. The molecule has 0 aromatic rings. The Morgan fingerprint density at radius 2 is 1.05 bits per heavy atom. The van der Waals surface area contributed by atoms with Crippen LogP contribution in [0.2, 0.25) is 0 Å². The molecule has 5 N–H and O–H groups in total. The van der Waals surface area contributed by atoms with Crippen LogP contribution in [0.15, 0.2) is 4.99 Å². The maximum Gasteiger partial charge on any atom is 0.223 e. The van der Waals surface area contributed by atoms with Crippen LogP contribution >= 0.6 is 0 Å². The standard InChI is InChI=1S/C33H66N4O2/c1-3-5-7-9-11-13-15-16-18-20-22-26-31(38)29-30(25-24-28-37-33(34)35)32(39)36-27-23-21-19-17-14-12-10-8-6-4-2/h30H,3-29H2,1-2H3,(H,36,39)(H4,34,35,37)/t30-/m1/s1. The minimum atomic E-state index is -0.275. The third-order valence-electron chi connectivity index (χ3n) is 7.74. The summed E-state index contributed by atoms with van der Waals surface area (Å²) in [4.78, 5) is 29.6. The van der Waals surface area contributed by atoms with Crippen molar-refractivity contribution in [3.05, 3.63) is 0 Å². The van der Waals surface area contributed by atoms with Gasteiger partial charge in [-0.1, -0.05) is 136 Å². The Kier molecular flexibility index (Phi) is 28.2. The van der Waals surface area contributed by atoms with E-state index in [-0.39, 0.29) is 23.6 Å². The summed E-state index contributed by atoms with van der Waals surface area (Å²) in [5, 5.41) is 3.10. The van der Waals surface area contributed by atoms with Crippen molar-refractivity contribution in [2.24, 2.45) is 22.4 Å². The Morgan fingerprint density at radius 1 is 0.615 bits per heavy atom. The maximum atomic E-state index is 12.9. The highest BCUT2D eigenvalue weighted by Crippen LogP contribution is 2.17. The van der Waals surface area contributed by atoms with E-state index < -0.39 is 0 Å². The molecule has 0 saturated heterocycles. The molecule has 1 atom stereocenters. The van der Waals surface area contributed by atoms with Crippen LogP contribution in [0.25, 0.3) is 0 Å². The van der Waals surface area contributed by atoms with Gasteiger partial charge < -0.3 is 16.8 Å². The molecule has 0 aromatic carbocycles. The number of unbranched alkanes of at least 4 members (excludes halogenated alkanes) is 19. The molecule has 1 amide bonds. The minimum absolute atomic E-state index is 0.0166. The minimum Gasteiger partial charge on any atom is -0.370 e. The number of aliphatic imine (C=N–C) groups is 1. The first-order valence-corrected chi connectivity index (χ1v) is 16.9. The van der Waals surface area contributed by atoms with E-state index in [1.807, 2.05) is 0 Å². The molecule has 0 aliphatic rings. The normalized spacial score (nSPS) is 11.8. The first-order valence-electron chi connectivity index (χ1n) is 16.9. The maximum absolute atomic E-state index is 12.9. The van der Waals surface area contributed by atoms with E-state index in [4.69, 9.17) is 11.5 Å². The molecule has 0 aliphatic carbocycles. The van der Waals surface area contributed by atoms with Gasteiger partial charge in [-0.15, -0.1) is 0 Å². The van der Waals surface area contributed by atoms with Crippen LogP contribution in [-0.4, -0.2) is 30.7 Å². The highest BCUT2D eigenvalue weighted by Gasteiger charge is 2.21. The lowest BCUT2D eigenvalue weighted by molar-refractivity contribution is -0.129. The van der Waals surface area contributed by atoms with Crippen molar-refractivity contribution in [2.75, 3.05) is 13.1 Å². The first-order chi connectivity index (χ1) is 19.0. The number of hydrogen-bond acceptors (Lipinski definition) is 3. The molecule has 0 aliphatic heterocycles. The van der Waals surface area contributed by atoms with Crippen LogP contribution in [0.1, 0.15) is 174 Å². The van der Waals surface area contributed by atoms with Crippen molar-refractivity contribution >= 4 is 17.6 Å². The summed E-state index contributed by atoms with van der Waals surface area (Å²) in [6, 6.07) is 0. The van der Waals surface area contributed by atoms with E-state index in [1.54, 1.807) is 0 Å². The SMILES string of the molecule is CCCCCCCCCCCCCC(=O)C[C@@H](CCCN=C(N)N)C(=O)NCCCCCCCCCCCC. The van der Waals surface area contributed by atoms with Gasteiger partial charge in [0, 0.05) is 31.8 Å². The number of nitrogens with two attached hydrogens (primary N) is 2. The molecule has 0 rings (SSSR count). The van der Waals surface area contributed by atoms with Gasteiger partial charge in [0.15, 0.2) is 5.96 Å². The number of guanidine groups is 1. The fourth-order valence-electron chi connectivity index (χ4n) is 5.20. The third-order valence-corrected chi connectivity index (χ3v) is 7.74. The second-order valence-electron chi connectivity index (χ2n) is 11.6. The van der Waals surface area contributed by atoms with Crippen molar-refractivity contribution < 1.29 is 9.59 Å². The molecule has 6 heteroatoms. The van der Waals surface area contributed by atoms with Crippen molar-refractivity contribution in [3.63, 3.8) is 0 Å². The van der Waals surface area contributed by atoms with Gasteiger partial charge >= 0.3 is 0 Å². The van der Waals surface area contributed by atoms with Gasteiger partial charge in [0.25, 0.3) is 0 Å². The summed E-state index contributed by atoms with van der Waals surface area (Å²) in [5.74, 6) is 0.0295. The van der Waals surface area contributed by atoms with E-state index in [1.165, 1.54) is 109 Å². The van der Waals surface area contributed by atoms with Crippen LogP contribution in [0.5, 0.6) is 0 Å². The van der Waals surface area contributed by atoms with Gasteiger partial charge in [0.2, 0.25) is 5.91 Å². The summed E-state index contributed by atoms with van der Waals surface area (Å²) < 4.78 is 0. The number of Topliss-reactive ketones (excluding diaryl/α,β-unsaturated/α-hetero) is 1. The van der Waals surface area contributed by atoms with Crippen LogP contribution in [0.3, 0.4) is 0 Å². The van der Waals surface area contributed by atoms with Crippen LogP contribution < -0.4 is 16.8 Å². The van der Waals surface area contributed by atoms with E-state index in [2.05, 4.69) is 24.2 Å². The van der Waals surface area contributed by atoms with E-state index in [9.17, 15) is 9.59 Å². The molecular formula is C33H66N4O2. The fraction of sp³-hybridized carbons (Fsp3) is 0.909. The zero-order valence-corrected chi connectivity index (χ0v) is 26.1. The molecule has 0 aromatic heterocycles. The number of nitrogens with zero attached hydrogens (tertiary/aromatic N) is 1. The Labute approximate surface area is 242 Å². The van der Waals surface area contributed by atoms with Gasteiger partial charge in [-0.25, -0.2) is 0 Å². The molecule has 0 radical (unpaired) electrons. The average Bonchev–Trinajstić information content (AvgIpc) is 2.91. The summed E-state index contributed by atoms with van der Waals surface area (Å²) in [5.41, 5.74) is 10.9. The third kappa shape index (κ3) is 27.8. The molecule has 0 saturated carbocycles. The summed E-state index contributed by atoms with van der Waals surface area (Å²) in [7, 11) is 0. The Balaban J connectivity index is 4.10. The zero-order chi connectivity index (χ0) is 28.8. The molecule has 0 fully saturated rings. The smallest absolute Gasteiger partial charge is 0.223 e. The highest BCUT2D eigenvalue weighted by atomic mass is 16.2. The second kappa shape index (κ2) is 29.4. The predicted octanol–water partition coefficient (Wildman–Crippen LogP) is 8.35. The molecule has 6 nitrogen and oxygen atoms in total. The molecule has 0 heterocycles. The number of carbonyl (C=O) groups is 2. The van der Waals surface area contributed by atoms with Gasteiger partial charge in [0.05, 0.1) is 0 Å². The summed E-state index contributed by atoms with van der Waals surface area (Å²) in [6.07, 6.45) is 29.1. The lowest BCUT2D eigenvalue weighted by atomic mass is 9.93. The Bertz CT molecular complexity index is 590. The molecule has 0 unspecified atom stereocenters. The second-order valence-corrected chi connectivity index (χ2v) is 11.6. The topological polar surface area (TPSA) is 111 Å². The van der Waals surface area contributed by atoms with Gasteiger partial charge in [-0.2, -0.15) is 0 Å². The number of amides is 1.